The zero-order valence-electron chi connectivity index (χ0n) is 15.6. The van der Waals surface area contributed by atoms with Crippen LogP contribution >= 0.6 is 0 Å². The normalized spacial score (nSPS) is 15.4. The van der Waals surface area contributed by atoms with Gasteiger partial charge in [-0.05, 0) is 60.7 Å². The second-order valence-electron chi connectivity index (χ2n) is 6.96. The number of piperidine rings is 1. The van der Waals surface area contributed by atoms with Gasteiger partial charge in [0.05, 0.1) is 0 Å². The minimum absolute atomic E-state index is 0.0232. The van der Waals surface area contributed by atoms with Crippen LogP contribution in [-0.2, 0) is 11.3 Å². The lowest BCUT2D eigenvalue weighted by atomic mass is 9.88. The molecule has 0 bridgehead atoms. The van der Waals surface area contributed by atoms with E-state index in [1.165, 1.54) is 29.3 Å². The molecule has 0 saturated carbocycles. The molecular weight excluding hydrogens is 340 g/mol. The molecule has 0 unspecified atom stereocenters. The quantitative estimate of drug-likeness (QED) is 0.561. The number of phenolic OH excluding ortho intramolecular Hbond substituents is 2. The zero-order chi connectivity index (χ0) is 19.2. The standard InChI is InChI=1S/C22H26N2O3/c1-23-15-17-3-2-4-19(13-17)18-9-11-24(12-10-18)22(27)8-6-16-5-7-20(25)21(26)14-16/h2-8,13-14,18,23,25-26H,9-12,15H2,1H3/b8-6+. The minimum atomic E-state index is -0.189. The highest BCUT2D eigenvalue weighted by Gasteiger charge is 2.22. The first-order chi connectivity index (χ1) is 13.1. The summed E-state index contributed by atoms with van der Waals surface area (Å²) in [4.78, 5) is 14.3. The van der Waals surface area contributed by atoms with Crippen LogP contribution in [0.4, 0.5) is 0 Å². The summed E-state index contributed by atoms with van der Waals surface area (Å²) in [7, 11) is 1.95. The van der Waals surface area contributed by atoms with Crippen LogP contribution in [0.3, 0.4) is 0 Å². The summed E-state index contributed by atoms with van der Waals surface area (Å²) in [6.07, 6.45) is 5.11. The molecule has 0 atom stereocenters. The Morgan fingerprint density at radius 3 is 2.63 bits per heavy atom. The number of carbonyl (C=O) groups is 1. The van der Waals surface area contributed by atoms with Gasteiger partial charge in [-0.25, -0.2) is 0 Å². The van der Waals surface area contributed by atoms with E-state index in [-0.39, 0.29) is 17.4 Å². The largest absolute Gasteiger partial charge is 0.504 e. The molecule has 0 spiro atoms. The van der Waals surface area contributed by atoms with Crippen molar-refractivity contribution >= 4 is 12.0 Å². The molecule has 1 saturated heterocycles. The third-order valence-electron chi connectivity index (χ3n) is 5.03. The first kappa shape index (κ1) is 19.0. The van der Waals surface area contributed by atoms with E-state index in [2.05, 4.69) is 29.6 Å². The predicted molar refractivity (Wildman–Crippen MR) is 107 cm³/mol. The van der Waals surface area contributed by atoms with Crippen molar-refractivity contribution in [3.8, 4) is 11.5 Å². The lowest BCUT2D eigenvalue weighted by molar-refractivity contribution is -0.126. The fourth-order valence-corrected chi connectivity index (χ4v) is 3.51. The Morgan fingerprint density at radius 2 is 1.93 bits per heavy atom. The molecule has 1 heterocycles. The summed E-state index contributed by atoms with van der Waals surface area (Å²) in [5.41, 5.74) is 3.31. The second-order valence-corrected chi connectivity index (χ2v) is 6.96. The minimum Gasteiger partial charge on any atom is -0.504 e. The van der Waals surface area contributed by atoms with E-state index < -0.39 is 0 Å². The summed E-state index contributed by atoms with van der Waals surface area (Å²) in [5, 5.41) is 22.0. The van der Waals surface area contributed by atoms with Gasteiger partial charge in [0, 0.05) is 25.7 Å². The molecule has 1 aliphatic heterocycles. The van der Waals surface area contributed by atoms with Gasteiger partial charge in [0.2, 0.25) is 5.91 Å². The van der Waals surface area contributed by atoms with Gasteiger partial charge in [-0.1, -0.05) is 30.3 Å². The number of phenols is 2. The van der Waals surface area contributed by atoms with E-state index in [0.717, 1.165) is 32.5 Å². The van der Waals surface area contributed by atoms with Gasteiger partial charge in [0.1, 0.15) is 0 Å². The lowest BCUT2D eigenvalue weighted by Gasteiger charge is -2.31. The van der Waals surface area contributed by atoms with Crippen molar-refractivity contribution in [1.29, 1.82) is 0 Å². The number of hydrogen-bond donors (Lipinski definition) is 3. The maximum atomic E-state index is 12.4. The zero-order valence-corrected chi connectivity index (χ0v) is 15.6. The van der Waals surface area contributed by atoms with Crippen molar-refractivity contribution < 1.29 is 15.0 Å². The SMILES string of the molecule is CNCc1cccc(C2CCN(C(=O)/C=C/c3ccc(O)c(O)c3)CC2)c1. The molecule has 3 rings (SSSR count). The maximum Gasteiger partial charge on any atom is 0.246 e. The smallest absolute Gasteiger partial charge is 0.246 e. The number of likely N-dealkylation sites (tertiary alicyclic amines) is 1. The predicted octanol–water partition coefficient (Wildman–Crippen LogP) is 3.24. The van der Waals surface area contributed by atoms with Gasteiger partial charge in [-0.15, -0.1) is 0 Å². The van der Waals surface area contributed by atoms with Crippen LogP contribution in [0.2, 0.25) is 0 Å². The molecule has 2 aromatic carbocycles. The topological polar surface area (TPSA) is 72.8 Å². The first-order valence-corrected chi connectivity index (χ1v) is 9.29. The Bertz CT molecular complexity index is 824. The highest BCUT2D eigenvalue weighted by molar-refractivity contribution is 5.92. The Hall–Kier alpha value is -2.79. The van der Waals surface area contributed by atoms with E-state index in [1.54, 1.807) is 12.1 Å². The van der Waals surface area contributed by atoms with E-state index in [9.17, 15) is 15.0 Å². The Labute approximate surface area is 160 Å². The molecule has 1 aliphatic rings. The molecule has 0 radical (unpaired) electrons. The summed E-state index contributed by atoms with van der Waals surface area (Å²) in [5.74, 6) is 0.110. The van der Waals surface area contributed by atoms with E-state index in [4.69, 9.17) is 0 Å². The Balaban J connectivity index is 1.56. The number of amides is 1. The monoisotopic (exact) mass is 366 g/mol. The van der Waals surface area contributed by atoms with Crippen LogP contribution < -0.4 is 5.32 Å². The number of rotatable bonds is 5. The van der Waals surface area contributed by atoms with Crippen LogP contribution in [-0.4, -0.2) is 41.2 Å². The molecule has 142 valence electrons. The molecule has 2 aromatic rings. The van der Waals surface area contributed by atoms with Crippen LogP contribution in [0.25, 0.3) is 6.08 Å². The van der Waals surface area contributed by atoms with Gasteiger partial charge in [0.25, 0.3) is 0 Å². The van der Waals surface area contributed by atoms with Crippen LogP contribution in [0.15, 0.2) is 48.5 Å². The molecule has 3 N–H and O–H groups in total. The van der Waals surface area contributed by atoms with Crippen LogP contribution in [0, 0.1) is 0 Å². The third-order valence-corrected chi connectivity index (χ3v) is 5.03. The maximum absolute atomic E-state index is 12.4. The van der Waals surface area contributed by atoms with Gasteiger partial charge in [0.15, 0.2) is 11.5 Å². The second kappa shape index (κ2) is 8.73. The summed E-state index contributed by atoms with van der Waals surface area (Å²) < 4.78 is 0. The van der Waals surface area contributed by atoms with Crippen LogP contribution in [0.1, 0.15) is 35.4 Å². The molecule has 0 aliphatic carbocycles. The molecule has 1 amide bonds. The fraction of sp³-hybridized carbons (Fsp3) is 0.318. The molecule has 0 aromatic heterocycles. The number of carbonyl (C=O) groups excluding carboxylic acids is 1. The van der Waals surface area contributed by atoms with E-state index in [0.29, 0.717) is 11.5 Å². The van der Waals surface area contributed by atoms with Crippen LogP contribution in [0.5, 0.6) is 11.5 Å². The number of nitrogens with zero attached hydrogens (tertiary/aromatic N) is 1. The number of benzene rings is 2. The number of hydrogen-bond acceptors (Lipinski definition) is 4. The number of nitrogens with one attached hydrogen (secondary N) is 1. The fourth-order valence-electron chi connectivity index (χ4n) is 3.51. The van der Waals surface area contributed by atoms with Crippen molar-refractivity contribution in [1.82, 2.24) is 10.2 Å². The molecule has 5 heteroatoms. The third kappa shape index (κ3) is 4.89. The molecule has 27 heavy (non-hydrogen) atoms. The molecule has 1 fully saturated rings. The molecule has 5 nitrogen and oxygen atoms in total. The van der Waals surface area contributed by atoms with Gasteiger partial charge in [-0.3, -0.25) is 4.79 Å². The highest BCUT2D eigenvalue weighted by atomic mass is 16.3. The van der Waals surface area contributed by atoms with Crippen molar-refractivity contribution in [3.63, 3.8) is 0 Å². The number of aromatic hydroxyl groups is 2. The van der Waals surface area contributed by atoms with Crippen molar-refractivity contribution in [2.75, 3.05) is 20.1 Å². The Morgan fingerprint density at radius 1 is 1.15 bits per heavy atom. The van der Waals surface area contributed by atoms with Crippen molar-refractivity contribution in [3.05, 3.63) is 65.2 Å². The highest BCUT2D eigenvalue weighted by Crippen LogP contribution is 2.29. The van der Waals surface area contributed by atoms with E-state index >= 15 is 0 Å². The Kier molecular flexibility index (Phi) is 6.14. The average Bonchev–Trinajstić information content (AvgIpc) is 2.69. The molecular formula is C22H26N2O3. The lowest BCUT2D eigenvalue weighted by Crippen LogP contribution is -2.36. The van der Waals surface area contributed by atoms with Crippen molar-refractivity contribution in [2.45, 2.75) is 25.3 Å². The summed E-state index contributed by atoms with van der Waals surface area (Å²) >= 11 is 0. The summed E-state index contributed by atoms with van der Waals surface area (Å²) in [6.45, 7) is 2.35. The average molecular weight is 366 g/mol. The van der Waals surface area contributed by atoms with Gasteiger partial charge < -0.3 is 20.4 Å². The van der Waals surface area contributed by atoms with Gasteiger partial charge in [-0.2, -0.15) is 0 Å². The van der Waals surface area contributed by atoms with Crippen molar-refractivity contribution in [2.24, 2.45) is 0 Å². The summed E-state index contributed by atoms with van der Waals surface area (Å²) in [6, 6.07) is 13.2. The van der Waals surface area contributed by atoms with E-state index in [1.807, 2.05) is 11.9 Å². The first-order valence-electron chi connectivity index (χ1n) is 9.29. The van der Waals surface area contributed by atoms with Gasteiger partial charge >= 0.3 is 0 Å².